The fourth-order valence-corrected chi connectivity index (χ4v) is 6.10. The van der Waals surface area contributed by atoms with Gasteiger partial charge in [-0.05, 0) is 61.3 Å². The highest BCUT2D eigenvalue weighted by Gasteiger charge is 2.71. The van der Waals surface area contributed by atoms with E-state index in [4.69, 9.17) is 5.73 Å². The molecule has 2 N–H and O–H groups in total. The number of carbonyl (C=O) groups excluding carboxylic acids is 1. The van der Waals surface area contributed by atoms with E-state index < -0.39 is 0 Å². The van der Waals surface area contributed by atoms with Crippen LogP contribution in [0.3, 0.4) is 0 Å². The molecule has 0 saturated heterocycles. The predicted molar refractivity (Wildman–Crippen MR) is 107 cm³/mol. The molecule has 0 aromatic heterocycles. The molecule has 3 fully saturated rings. The van der Waals surface area contributed by atoms with Crippen molar-refractivity contribution in [3.05, 3.63) is 71.3 Å². The van der Waals surface area contributed by atoms with Gasteiger partial charge in [-0.15, -0.1) is 0 Å². The molecule has 0 spiro atoms. The van der Waals surface area contributed by atoms with Crippen molar-refractivity contribution >= 4 is 5.91 Å². The lowest BCUT2D eigenvalue weighted by molar-refractivity contribution is -0.213. The summed E-state index contributed by atoms with van der Waals surface area (Å²) < 4.78 is 0. The van der Waals surface area contributed by atoms with Gasteiger partial charge >= 0.3 is 0 Å². The lowest BCUT2D eigenvalue weighted by Gasteiger charge is -2.70. The van der Waals surface area contributed by atoms with Gasteiger partial charge in [-0.25, -0.2) is 0 Å². The number of carbonyl (C=O) groups is 1. The average Bonchev–Trinajstić information content (AvgIpc) is 2.76. The Kier molecular flexibility index (Phi) is 3.74. The van der Waals surface area contributed by atoms with Gasteiger partial charge in [0.15, 0.2) is 0 Å². The minimum atomic E-state index is -0.106. The SMILES string of the molecule is C[C@@H]1[C@@H](c2ccccc2)c2ccccc2CCN1C(=O)C12CC(CN)(C1)C2. The Labute approximate surface area is 161 Å². The molecule has 4 aliphatic rings. The van der Waals surface area contributed by atoms with Crippen LogP contribution in [0.25, 0.3) is 0 Å². The van der Waals surface area contributed by atoms with E-state index in [1.165, 1.54) is 16.7 Å². The number of fused-ring (bicyclic) bond motifs is 1. The number of benzene rings is 2. The highest BCUT2D eigenvalue weighted by atomic mass is 16.2. The summed E-state index contributed by atoms with van der Waals surface area (Å²) in [5, 5.41) is 0. The largest absolute Gasteiger partial charge is 0.338 e. The van der Waals surface area contributed by atoms with Gasteiger partial charge in [0.2, 0.25) is 5.91 Å². The number of nitrogens with zero attached hydrogens (tertiary/aromatic N) is 1. The maximum absolute atomic E-state index is 13.6. The zero-order valence-corrected chi connectivity index (χ0v) is 16.0. The van der Waals surface area contributed by atoms with E-state index in [1.807, 2.05) is 0 Å². The third-order valence-electron chi connectivity index (χ3n) is 7.43. The second-order valence-corrected chi connectivity index (χ2v) is 9.09. The zero-order chi connectivity index (χ0) is 18.6. The molecular weight excluding hydrogens is 332 g/mol. The molecule has 0 radical (unpaired) electrons. The van der Waals surface area contributed by atoms with Gasteiger partial charge in [0, 0.05) is 18.5 Å². The van der Waals surface area contributed by atoms with E-state index in [0.717, 1.165) is 38.8 Å². The van der Waals surface area contributed by atoms with Crippen molar-refractivity contribution in [1.82, 2.24) is 4.90 Å². The Morgan fingerprint density at radius 3 is 2.44 bits per heavy atom. The van der Waals surface area contributed by atoms with Crippen molar-refractivity contribution in [2.45, 2.75) is 44.6 Å². The molecule has 0 unspecified atom stereocenters. The summed E-state index contributed by atoms with van der Waals surface area (Å²) in [6.45, 7) is 3.79. The number of hydrogen-bond donors (Lipinski definition) is 1. The van der Waals surface area contributed by atoms with Gasteiger partial charge in [-0.3, -0.25) is 4.79 Å². The first kappa shape index (κ1) is 17.0. The monoisotopic (exact) mass is 360 g/mol. The van der Waals surface area contributed by atoms with Gasteiger partial charge in [-0.1, -0.05) is 54.6 Å². The minimum Gasteiger partial charge on any atom is -0.338 e. The molecule has 2 atom stereocenters. The van der Waals surface area contributed by atoms with Crippen LogP contribution in [0.2, 0.25) is 0 Å². The second kappa shape index (κ2) is 5.93. The van der Waals surface area contributed by atoms with Gasteiger partial charge in [-0.2, -0.15) is 0 Å². The molecular formula is C24H28N2O. The highest BCUT2D eigenvalue weighted by Crippen LogP contribution is 2.73. The van der Waals surface area contributed by atoms with Crippen molar-refractivity contribution in [2.75, 3.05) is 13.1 Å². The second-order valence-electron chi connectivity index (χ2n) is 9.09. The van der Waals surface area contributed by atoms with Crippen molar-refractivity contribution in [1.29, 1.82) is 0 Å². The van der Waals surface area contributed by atoms with Crippen molar-refractivity contribution in [3.63, 3.8) is 0 Å². The number of amides is 1. The van der Waals surface area contributed by atoms with Crippen LogP contribution in [0.1, 0.15) is 48.8 Å². The summed E-state index contributed by atoms with van der Waals surface area (Å²) >= 11 is 0. The standard InChI is InChI=1S/C24H28N2O/c1-17-21(19-8-3-2-4-9-19)20-10-6-5-7-18(20)11-12-26(17)22(27)24-13-23(14-24,15-24)16-25/h2-10,17,21H,11-16,25H2,1H3/t17-,21+,23?,24?/m1/s1. The van der Waals surface area contributed by atoms with Crippen LogP contribution in [-0.2, 0) is 11.2 Å². The topological polar surface area (TPSA) is 46.3 Å². The third kappa shape index (κ3) is 2.41. The quantitative estimate of drug-likeness (QED) is 0.907. The summed E-state index contributed by atoms with van der Waals surface area (Å²) in [7, 11) is 0. The predicted octanol–water partition coefficient (Wildman–Crippen LogP) is 3.72. The maximum atomic E-state index is 13.6. The van der Waals surface area contributed by atoms with Crippen LogP contribution in [0, 0.1) is 10.8 Å². The van der Waals surface area contributed by atoms with Crippen LogP contribution in [0.5, 0.6) is 0 Å². The molecule has 1 aliphatic heterocycles. The Bertz CT molecular complexity index is 855. The van der Waals surface area contributed by atoms with Crippen LogP contribution < -0.4 is 5.73 Å². The summed E-state index contributed by atoms with van der Waals surface area (Å²) in [4.78, 5) is 15.8. The zero-order valence-electron chi connectivity index (χ0n) is 16.0. The van der Waals surface area contributed by atoms with Gasteiger partial charge in [0.05, 0.1) is 5.41 Å². The number of nitrogens with two attached hydrogens (primary N) is 1. The van der Waals surface area contributed by atoms with E-state index in [2.05, 4.69) is 66.4 Å². The van der Waals surface area contributed by atoms with Gasteiger partial charge in [0.25, 0.3) is 0 Å². The van der Waals surface area contributed by atoms with Gasteiger partial charge < -0.3 is 10.6 Å². The van der Waals surface area contributed by atoms with Crippen LogP contribution in [0.15, 0.2) is 54.6 Å². The molecule has 6 rings (SSSR count). The summed E-state index contributed by atoms with van der Waals surface area (Å²) in [5.74, 6) is 0.601. The molecule has 1 amide bonds. The Morgan fingerprint density at radius 2 is 1.74 bits per heavy atom. The molecule has 1 heterocycles. The van der Waals surface area contributed by atoms with Crippen molar-refractivity contribution < 1.29 is 4.79 Å². The van der Waals surface area contributed by atoms with E-state index >= 15 is 0 Å². The normalized spacial score (nSPS) is 34.1. The lowest BCUT2D eigenvalue weighted by Crippen LogP contribution is -2.71. The lowest BCUT2D eigenvalue weighted by atomic mass is 9.34. The summed E-state index contributed by atoms with van der Waals surface area (Å²) in [6, 6.07) is 19.6. The Hall–Kier alpha value is -2.13. The van der Waals surface area contributed by atoms with Crippen LogP contribution >= 0.6 is 0 Å². The van der Waals surface area contributed by atoms with Crippen molar-refractivity contribution in [2.24, 2.45) is 16.6 Å². The average molecular weight is 361 g/mol. The Balaban J connectivity index is 1.50. The molecule has 2 aromatic rings. The van der Waals surface area contributed by atoms with E-state index in [0.29, 0.717) is 5.91 Å². The van der Waals surface area contributed by atoms with E-state index in [1.54, 1.807) is 0 Å². The summed E-state index contributed by atoms with van der Waals surface area (Å²) in [6.07, 6.45) is 3.94. The van der Waals surface area contributed by atoms with Crippen molar-refractivity contribution in [3.8, 4) is 0 Å². The van der Waals surface area contributed by atoms with Gasteiger partial charge in [0.1, 0.15) is 0 Å². The first-order valence-electron chi connectivity index (χ1n) is 10.2. The molecule has 140 valence electrons. The smallest absolute Gasteiger partial charge is 0.229 e. The highest BCUT2D eigenvalue weighted by molar-refractivity contribution is 5.87. The maximum Gasteiger partial charge on any atom is 0.229 e. The first-order chi connectivity index (χ1) is 13.1. The van der Waals surface area contributed by atoms with E-state index in [-0.39, 0.29) is 22.8 Å². The van der Waals surface area contributed by atoms with E-state index in [9.17, 15) is 4.79 Å². The van der Waals surface area contributed by atoms with Crippen LogP contribution in [-0.4, -0.2) is 29.9 Å². The first-order valence-corrected chi connectivity index (χ1v) is 10.2. The number of rotatable bonds is 3. The fourth-order valence-electron chi connectivity index (χ4n) is 6.10. The molecule has 3 nitrogen and oxygen atoms in total. The minimum absolute atomic E-state index is 0.106. The number of hydrogen-bond acceptors (Lipinski definition) is 2. The molecule has 2 aromatic carbocycles. The third-order valence-corrected chi connectivity index (χ3v) is 7.43. The Morgan fingerprint density at radius 1 is 1.07 bits per heavy atom. The molecule has 3 saturated carbocycles. The van der Waals surface area contributed by atoms with Crippen LogP contribution in [0.4, 0.5) is 0 Å². The molecule has 3 aliphatic carbocycles. The fraction of sp³-hybridized carbons (Fsp3) is 0.458. The molecule has 2 bridgehead atoms. The molecule has 3 heteroatoms. The summed E-state index contributed by atoms with van der Waals surface area (Å²) in [5.41, 5.74) is 10.2. The molecule has 27 heavy (non-hydrogen) atoms.